The van der Waals surface area contributed by atoms with E-state index in [0.29, 0.717) is 17.1 Å². The maximum atomic E-state index is 12.9. The van der Waals surface area contributed by atoms with Gasteiger partial charge in [-0.3, -0.25) is 4.79 Å². The van der Waals surface area contributed by atoms with Gasteiger partial charge in [0.05, 0.1) is 12.8 Å². The number of amides is 1. The summed E-state index contributed by atoms with van der Waals surface area (Å²) in [6.07, 6.45) is -2.58. The first-order chi connectivity index (χ1) is 13.9. The SMILES string of the molecule is O=C(COc1ccccc1Cc1ccccc1)N(Cc1ccco1)CC(F)(F)F. The van der Waals surface area contributed by atoms with Crippen LogP contribution in [0, 0.1) is 0 Å². The Balaban J connectivity index is 1.68. The predicted octanol–water partition coefficient (Wildman–Crippen LogP) is 4.84. The molecule has 3 aromatic rings. The fourth-order valence-electron chi connectivity index (χ4n) is 2.88. The quantitative estimate of drug-likeness (QED) is 0.541. The Labute approximate surface area is 166 Å². The van der Waals surface area contributed by atoms with E-state index >= 15 is 0 Å². The number of carbonyl (C=O) groups is 1. The van der Waals surface area contributed by atoms with Crippen LogP contribution >= 0.6 is 0 Å². The van der Waals surface area contributed by atoms with Gasteiger partial charge in [-0.15, -0.1) is 0 Å². The molecule has 1 heterocycles. The molecule has 0 unspecified atom stereocenters. The molecule has 0 saturated carbocycles. The number of furan rings is 1. The molecule has 0 aliphatic heterocycles. The molecule has 7 heteroatoms. The van der Waals surface area contributed by atoms with Crippen LogP contribution in [-0.2, 0) is 17.8 Å². The number of halogens is 3. The third-order valence-corrected chi connectivity index (χ3v) is 4.21. The van der Waals surface area contributed by atoms with Crippen LogP contribution in [-0.4, -0.2) is 30.1 Å². The van der Waals surface area contributed by atoms with Crippen molar-refractivity contribution < 1.29 is 27.1 Å². The molecular formula is C22H20F3NO3. The maximum absolute atomic E-state index is 12.9. The number of carbonyl (C=O) groups excluding carboxylic acids is 1. The summed E-state index contributed by atoms with van der Waals surface area (Å²) in [5.74, 6) is -0.0324. The van der Waals surface area contributed by atoms with E-state index in [0.717, 1.165) is 11.1 Å². The van der Waals surface area contributed by atoms with Crippen LogP contribution in [0.25, 0.3) is 0 Å². The average molecular weight is 403 g/mol. The Morgan fingerprint density at radius 1 is 0.966 bits per heavy atom. The van der Waals surface area contributed by atoms with Crippen LogP contribution < -0.4 is 4.74 Å². The molecule has 1 amide bonds. The van der Waals surface area contributed by atoms with Gasteiger partial charge in [-0.2, -0.15) is 13.2 Å². The summed E-state index contributed by atoms with van der Waals surface area (Å²) in [6.45, 7) is -2.15. The fraction of sp³-hybridized carbons (Fsp3) is 0.227. The van der Waals surface area contributed by atoms with Gasteiger partial charge >= 0.3 is 6.18 Å². The lowest BCUT2D eigenvalue weighted by atomic mass is 10.0. The highest BCUT2D eigenvalue weighted by Gasteiger charge is 2.33. The van der Waals surface area contributed by atoms with Crippen molar-refractivity contribution in [2.24, 2.45) is 0 Å². The van der Waals surface area contributed by atoms with Gasteiger partial charge in [0.2, 0.25) is 0 Å². The minimum Gasteiger partial charge on any atom is -0.483 e. The highest BCUT2D eigenvalue weighted by Crippen LogP contribution is 2.22. The maximum Gasteiger partial charge on any atom is 0.406 e. The Morgan fingerprint density at radius 2 is 1.69 bits per heavy atom. The van der Waals surface area contributed by atoms with Gasteiger partial charge in [0, 0.05) is 6.42 Å². The van der Waals surface area contributed by atoms with Crippen LogP contribution in [0.4, 0.5) is 13.2 Å². The first-order valence-corrected chi connectivity index (χ1v) is 9.02. The summed E-state index contributed by atoms with van der Waals surface area (Å²) in [5, 5.41) is 0. The highest BCUT2D eigenvalue weighted by molar-refractivity contribution is 5.77. The average Bonchev–Trinajstić information content (AvgIpc) is 3.19. The molecule has 29 heavy (non-hydrogen) atoms. The van der Waals surface area contributed by atoms with E-state index in [1.807, 2.05) is 42.5 Å². The van der Waals surface area contributed by atoms with Gasteiger partial charge in [-0.25, -0.2) is 0 Å². The lowest BCUT2D eigenvalue weighted by molar-refractivity contribution is -0.164. The molecule has 0 bridgehead atoms. The largest absolute Gasteiger partial charge is 0.483 e. The molecule has 2 aromatic carbocycles. The van der Waals surface area contributed by atoms with Gasteiger partial charge in [0.1, 0.15) is 18.1 Å². The second kappa shape index (κ2) is 9.32. The lowest BCUT2D eigenvalue weighted by Crippen LogP contribution is -2.40. The van der Waals surface area contributed by atoms with Gasteiger partial charge in [-0.1, -0.05) is 48.5 Å². The van der Waals surface area contributed by atoms with Gasteiger partial charge in [-0.05, 0) is 29.3 Å². The van der Waals surface area contributed by atoms with Crippen LogP contribution in [0.2, 0.25) is 0 Å². The number of rotatable bonds is 8. The number of hydrogen-bond donors (Lipinski definition) is 0. The van der Waals surface area contributed by atoms with Crippen molar-refractivity contribution in [2.45, 2.75) is 19.1 Å². The minimum absolute atomic E-state index is 0.270. The molecule has 0 N–H and O–H groups in total. The summed E-state index contributed by atoms with van der Waals surface area (Å²) in [7, 11) is 0. The lowest BCUT2D eigenvalue weighted by Gasteiger charge is -2.23. The third kappa shape index (κ3) is 6.41. The van der Waals surface area contributed by atoms with E-state index in [2.05, 4.69) is 0 Å². The van der Waals surface area contributed by atoms with E-state index in [1.165, 1.54) is 12.3 Å². The van der Waals surface area contributed by atoms with Crippen molar-refractivity contribution in [3.8, 4) is 5.75 Å². The first-order valence-electron chi connectivity index (χ1n) is 9.02. The topological polar surface area (TPSA) is 42.7 Å². The van der Waals surface area contributed by atoms with Gasteiger partial charge in [0.25, 0.3) is 5.91 Å². The highest BCUT2D eigenvalue weighted by atomic mass is 19.4. The molecule has 0 spiro atoms. The van der Waals surface area contributed by atoms with Crippen molar-refractivity contribution >= 4 is 5.91 Å². The number of hydrogen-bond acceptors (Lipinski definition) is 3. The van der Waals surface area contributed by atoms with Crippen molar-refractivity contribution in [3.63, 3.8) is 0 Å². The molecule has 152 valence electrons. The summed E-state index contributed by atoms with van der Waals surface area (Å²) in [6, 6.07) is 19.9. The van der Waals surface area contributed by atoms with E-state index < -0.39 is 25.2 Å². The summed E-state index contributed by atoms with van der Waals surface area (Å²) < 4.78 is 49.4. The first kappa shape index (κ1) is 20.5. The molecule has 1 aromatic heterocycles. The van der Waals surface area contributed by atoms with Gasteiger partial charge < -0.3 is 14.1 Å². The Bertz CT molecular complexity index is 909. The molecule has 0 fully saturated rings. The van der Waals surface area contributed by atoms with Crippen molar-refractivity contribution in [1.29, 1.82) is 0 Å². The van der Waals surface area contributed by atoms with Crippen molar-refractivity contribution in [3.05, 3.63) is 89.9 Å². The smallest absolute Gasteiger partial charge is 0.406 e. The van der Waals surface area contributed by atoms with E-state index in [4.69, 9.17) is 9.15 Å². The molecule has 0 aliphatic carbocycles. The zero-order valence-electron chi connectivity index (χ0n) is 15.6. The number of nitrogens with zero attached hydrogens (tertiary/aromatic N) is 1. The van der Waals surface area contributed by atoms with Crippen LogP contribution in [0.1, 0.15) is 16.9 Å². The zero-order chi connectivity index (χ0) is 20.7. The van der Waals surface area contributed by atoms with Crippen LogP contribution in [0.15, 0.2) is 77.4 Å². The van der Waals surface area contributed by atoms with E-state index in [1.54, 1.807) is 18.2 Å². The molecule has 0 saturated heterocycles. The third-order valence-electron chi connectivity index (χ3n) is 4.21. The fourth-order valence-corrected chi connectivity index (χ4v) is 2.88. The molecule has 0 atom stereocenters. The minimum atomic E-state index is -4.52. The molecule has 0 aliphatic rings. The summed E-state index contributed by atoms with van der Waals surface area (Å²) in [4.78, 5) is 13.1. The predicted molar refractivity (Wildman–Crippen MR) is 101 cm³/mol. The zero-order valence-corrected chi connectivity index (χ0v) is 15.6. The summed E-state index contributed by atoms with van der Waals surface area (Å²) in [5.41, 5.74) is 1.91. The normalized spacial score (nSPS) is 11.3. The van der Waals surface area contributed by atoms with Gasteiger partial charge in [0.15, 0.2) is 6.61 Å². The summed E-state index contributed by atoms with van der Waals surface area (Å²) >= 11 is 0. The Kier molecular flexibility index (Phi) is 6.59. The van der Waals surface area contributed by atoms with Crippen LogP contribution in [0.3, 0.4) is 0 Å². The Hall–Kier alpha value is -3.22. The number of alkyl halides is 3. The van der Waals surface area contributed by atoms with Crippen molar-refractivity contribution in [2.75, 3.05) is 13.2 Å². The van der Waals surface area contributed by atoms with E-state index in [9.17, 15) is 18.0 Å². The second-order valence-electron chi connectivity index (χ2n) is 6.50. The number of ether oxygens (including phenoxy) is 1. The number of benzene rings is 2. The van der Waals surface area contributed by atoms with Crippen LogP contribution in [0.5, 0.6) is 5.75 Å². The molecular weight excluding hydrogens is 383 g/mol. The van der Waals surface area contributed by atoms with Crippen molar-refractivity contribution in [1.82, 2.24) is 4.90 Å². The molecule has 0 radical (unpaired) electrons. The standard InChI is InChI=1S/C22H20F3NO3/c23-22(24,25)16-26(14-19-10-6-12-28-19)21(27)15-29-20-11-5-4-9-18(20)13-17-7-2-1-3-8-17/h1-12H,13-16H2. The van der Waals surface area contributed by atoms with E-state index in [-0.39, 0.29) is 12.3 Å². The monoisotopic (exact) mass is 403 g/mol. The second-order valence-corrected chi connectivity index (χ2v) is 6.50. The molecule has 3 rings (SSSR count). The Morgan fingerprint density at radius 3 is 2.38 bits per heavy atom. The number of para-hydroxylation sites is 1. The molecule has 4 nitrogen and oxygen atoms in total.